The zero-order valence-electron chi connectivity index (χ0n) is 12.8. The molecule has 1 unspecified atom stereocenters. The van der Waals surface area contributed by atoms with E-state index < -0.39 is 0 Å². The van der Waals surface area contributed by atoms with Crippen molar-refractivity contribution in [2.24, 2.45) is 4.36 Å². The first-order chi connectivity index (χ1) is 10.7. The number of benzene rings is 3. The molecule has 0 aromatic heterocycles. The standard InChI is InChI=1S/C19H17NOS.ClH/c1-13-17-11-22(20-14-7-3-2-4-8-14)12-18(17)15-9-5-6-10-16(15)19(13)21;/h2-10,21H,11-12H2,1H3;1H. The summed E-state index contributed by atoms with van der Waals surface area (Å²) in [5, 5.41) is 12.6. The number of nitrogens with zero attached hydrogens (tertiary/aromatic N) is 1. The summed E-state index contributed by atoms with van der Waals surface area (Å²) in [6, 6.07) is 18.3. The molecular formula is C19H18ClNOS. The second-order valence-electron chi connectivity index (χ2n) is 5.65. The third-order valence-corrected chi connectivity index (χ3v) is 6.00. The van der Waals surface area contributed by atoms with E-state index in [4.69, 9.17) is 4.36 Å². The van der Waals surface area contributed by atoms with Crippen LogP contribution in [0, 0.1) is 6.92 Å². The van der Waals surface area contributed by atoms with Gasteiger partial charge >= 0.3 is 0 Å². The number of phenolic OH excluding ortho intramolecular Hbond substituents is 1. The molecule has 0 radical (unpaired) electrons. The van der Waals surface area contributed by atoms with Crippen LogP contribution in [0.25, 0.3) is 10.8 Å². The van der Waals surface area contributed by atoms with Crippen LogP contribution in [0.2, 0.25) is 0 Å². The highest BCUT2D eigenvalue weighted by Gasteiger charge is 2.23. The third-order valence-electron chi connectivity index (χ3n) is 4.29. The maximum Gasteiger partial charge on any atom is 0.126 e. The smallest absolute Gasteiger partial charge is 0.126 e. The van der Waals surface area contributed by atoms with E-state index in [1.54, 1.807) is 0 Å². The van der Waals surface area contributed by atoms with E-state index in [1.165, 1.54) is 16.5 Å². The van der Waals surface area contributed by atoms with Crippen molar-refractivity contribution in [1.82, 2.24) is 0 Å². The Morgan fingerprint density at radius 1 is 0.870 bits per heavy atom. The molecule has 0 aliphatic carbocycles. The molecule has 2 nitrogen and oxygen atoms in total. The first kappa shape index (κ1) is 16.0. The molecule has 4 heteroatoms. The third kappa shape index (κ3) is 2.75. The minimum absolute atomic E-state index is 0. The molecule has 0 saturated carbocycles. The second-order valence-corrected chi connectivity index (χ2v) is 7.34. The lowest BCUT2D eigenvalue weighted by Crippen LogP contribution is -1.91. The van der Waals surface area contributed by atoms with Gasteiger partial charge in [-0.05, 0) is 41.1 Å². The second kappa shape index (κ2) is 6.34. The Labute approximate surface area is 144 Å². The van der Waals surface area contributed by atoms with Gasteiger partial charge in [-0.15, -0.1) is 12.4 Å². The van der Waals surface area contributed by atoms with E-state index in [0.717, 1.165) is 28.1 Å². The molecule has 0 spiro atoms. The number of halogens is 1. The molecule has 23 heavy (non-hydrogen) atoms. The molecular weight excluding hydrogens is 326 g/mol. The van der Waals surface area contributed by atoms with Gasteiger partial charge in [0.25, 0.3) is 0 Å². The van der Waals surface area contributed by atoms with Crippen molar-refractivity contribution in [1.29, 1.82) is 0 Å². The maximum absolute atomic E-state index is 10.5. The number of hydrogen-bond donors (Lipinski definition) is 1. The summed E-state index contributed by atoms with van der Waals surface area (Å²) < 4.78 is 4.90. The van der Waals surface area contributed by atoms with Crippen molar-refractivity contribution >= 4 is 39.6 Å². The van der Waals surface area contributed by atoms with E-state index in [9.17, 15) is 5.11 Å². The van der Waals surface area contributed by atoms with Crippen molar-refractivity contribution in [3.8, 4) is 5.75 Å². The van der Waals surface area contributed by atoms with Crippen LogP contribution < -0.4 is 0 Å². The van der Waals surface area contributed by atoms with Crippen molar-refractivity contribution < 1.29 is 5.11 Å². The van der Waals surface area contributed by atoms with Gasteiger partial charge in [-0.25, -0.2) is 4.36 Å². The number of fused-ring (bicyclic) bond motifs is 3. The Kier molecular flexibility index (Phi) is 4.42. The Balaban J connectivity index is 0.00000156. The Morgan fingerprint density at radius 3 is 2.22 bits per heavy atom. The first-order valence-corrected chi connectivity index (χ1v) is 8.92. The molecule has 1 aliphatic rings. The van der Waals surface area contributed by atoms with Crippen molar-refractivity contribution in [3.05, 3.63) is 71.3 Å². The highest BCUT2D eigenvalue weighted by atomic mass is 35.5. The molecule has 4 rings (SSSR count). The predicted molar refractivity (Wildman–Crippen MR) is 101 cm³/mol. The van der Waals surface area contributed by atoms with Gasteiger partial charge in [0.1, 0.15) is 5.75 Å². The number of rotatable bonds is 1. The van der Waals surface area contributed by atoms with Crippen molar-refractivity contribution in [3.63, 3.8) is 0 Å². The van der Waals surface area contributed by atoms with E-state index in [-0.39, 0.29) is 23.1 Å². The van der Waals surface area contributed by atoms with Crippen LogP contribution in [-0.4, -0.2) is 5.11 Å². The maximum atomic E-state index is 10.5. The molecule has 1 N–H and O–H groups in total. The van der Waals surface area contributed by atoms with Crippen LogP contribution in [-0.2, 0) is 22.2 Å². The van der Waals surface area contributed by atoms with Gasteiger partial charge in [-0.3, -0.25) is 0 Å². The fraction of sp³-hybridized carbons (Fsp3) is 0.158. The van der Waals surface area contributed by atoms with Crippen LogP contribution >= 0.6 is 12.4 Å². The van der Waals surface area contributed by atoms with Crippen LogP contribution in [0.1, 0.15) is 16.7 Å². The van der Waals surface area contributed by atoms with Gasteiger partial charge in [-0.2, -0.15) is 0 Å². The van der Waals surface area contributed by atoms with Gasteiger partial charge in [0.2, 0.25) is 0 Å². The zero-order valence-corrected chi connectivity index (χ0v) is 14.5. The average Bonchev–Trinajstić information content (AvgIpc) is 2.98. The summed E-state index contributed by atoms with van der Waals surface area (Å²) in [6.07, 6.45) is 0. The molecule has 0 saturated heterocycles. The summed E-state index contributed by atoms with van der Waals surface area (Å²) in [5.41, 5.74) is 4.73. The van der Waals surface area contributed by atoms with Gasteiger partial charge in [0.15, 0.2) is 0 Å². The largest absolute Gasteiger partial charge is 0.507 e. The molecule has 3 aromatic carbocycles. The molecule has 1 aliphatic heterocycles. The molecule has 3 aromatic rings. The van der Waals surface area contributed by atoms with Gasteiger partial charge < -0.3 is 5.11 Å². The summed E-state index contributed by atoms with van der Waals surface area (Å²) in [4.78, 5) is 0. The fourth-order valence-electron chi connectivity index (χ4n) is 3.13. The van der Waals surface area contributed by atoms with E-state index in [1.807, 2.05) is 43.3 Å². The van der Waals surface area contributed by atoms with Gasteiger partial charge in [-0.1, -0.05) is 53.2 Å². The number of aromatic hydroxyl groups is 1. The average molecular weight is 344 g/mol. The topological polar surface area (TPSA) is 32.6 Å². The Bertz CT molecular complexity index is 906. The highest BCUT2D eigenvalue weighted by Crippen LogP contribution is 2.40. The lowest BCUT2D eigenvalue weighted by Gasteiger charge is -2.11. The van der Waals surface area contributed by atoms with Crippen LogP contribution in [0.5, 0.6) is 5.75 Å². The number of phenols is 1. The van der Waals surface area contributed by atoms with Crippen LogP contribution in [0.15, 0.2) is 59.0 Å². The summed E-state index contributed by atoms with van der Waals surface area (Å²) in [5.74, 6) is 2.35. The zero-order chi connectivity index (χ0) is 15.1. The van der Waals surface area contributed by atoms with E-state index >= 15 is 0 Å². The Hall–Kier alpha value is -1.84. The molecule has 0 bridgehead atoms. The molecule has 0 fully saturated rings. The lowest BCUT2D eigenvalue weighted by atomic mass is 9.95. The normalized spacial score (nSPS) is 16.3. The lowest BCUT2D eigenvalue weighted by molar-refractivity contribution is 0.477. The minimum Gasteiger partial charge on any atom is -0.507 e. The monoisotopic (exact) mass is 343 g/mol. The van der Waals surface area contributed by atoms with Crippen LogP contribution in [0.4, 0.5) is 5.69 Å². The summed E-state index contributed by atoms with van der Waals surface area (Å²) in [6.45, 7) is 2.02. The summed E-state index contributed by atoms with van der Waals surface area (Å²) in [7, 11) is -0.0354. The van der Waals surface area contributed by atoms with Gasteiger partial charge in [0, 0.05) is 16.9 Å². The first-order valence-electron chi connectivity index (χ1n) is 7.40. The van der Waals surface area contributed by atoms with Crippen LogP contribution in [0.3, 0.4) is 0 Å². The van der Waals surface area contributed by atoms with Gasteiger partial charge in [0.05, 0.1) is 5.69 Å². The molecule has 0 amide bonds. The predicted octanol–water partition coefficient (Wildman–Crippen LogP) is 5.42. The molecule has 1 heterocycles. The summed E-state index contributed by atoms with van der Waals surface area (Å²) >= 11 is 0. The van der Waals surface area contributed by atoms with Crippen molar-refractivity contribution in [2.75, 3.05) is 0 Å². The quantitative estimate of drug-likeness (QED) is 0.628. The minimum atomic E-state index is -0.0354. The van der Waals surface area contributed by atoms with E-state index in [2.05, 4.69) is 18.2 Å². The Morgan fingerprint density at radius 2 is 1.48 bits per heavy atom. The molecule has 1 atom stereocenters. The van der Waals surface area contributed by atoms with Crippen molar-refractivity contribution in [2.45, 2.75) is 18.4 Å². The SMILES string of the molecule is Cc1c2c(c3ccccc3c1O)CS(=Nc1ccccc1)C2.Cl. The highest BCUT2D eigenvalue weighted by molar-refractivity contribution is 7.86. The molecule has 118 valence electrons. The number of hydrogen-bond acceptors (Lipinski definition) is 2. The van der Waals surface area contributed by atoms with E-state index in [0.29, 0.717) is 5.75 Å². The fourth-order valence-corrected chi connectivity index (χ4v) is 5.17.